The topological polar surface area (TPSA) is 50.2 Å². The van der Waals surface area contributed by atoms with E-state index in [1.807, 2.05) is 0 Å². The van der Waals surface area contributed by atoms with E-state index in [0.717, 1.165) is 24.4 Å². The molecule has 0 spiro atoms. The van der Waals surface area contributed by atoms with E-state index < -0.39 is 17.7 Å². The number of alkyl halides is 3. The summed E-state index contributed by atoms with van der Waals surface area (Å²) in [5.41, 5.74) is -0.872. The minimum absolute atomic E-state index is 0.0300. The van der Waals surface area contributed by atoms with Crippen molar-refractivity contribution in [1.29, 1.82) is 0 Å². The molecule has 1 N–H and O–H groups in total. The van der Waals surface area contributed by atoms with Gasteiger partial charge in [0.25, 0.3) is 0 Å². The summed E-state index contributed by atoms with van der Waals surface area (Å²) in [6, 6.07) is 0.807. The van der Waals surface area contributed by atoms with Gasteiger partial charge in [0, 0.05) is 15.8 Å². The highest BCUT2D eigenvalue weighted by Crippen LogP contribution is 2.32. The summed E-state index contributed by atoms with van der Waals surface area (Å²) in [4.78, 5) is 13.8. The SMILES string of the molecule is O=C(O)/C=C/c1cc(C(F)(F)F)c(I)cn1. The first-order chi connectivity index (χ1) is 7.30. The van der Waals surface area contributed by atoms with E-state index in [0.29, 0.717) is 0 Å². The van der Waals surface area contributed by atoms with Crippen LogP contribution in [0.15, 0.2) is 18.3 Å². The van der Waals surface area contributed by atoms with Gasteiger partial charge in [0.05, 0.1) is 11.3 Å². The van der Waals surface area contributed by atoms with E-state index in [4.69, 9.17) is 5.11 Å². The van der Waals surface area contributed by atoms with Crippen LogP contribution in [-0.4, -0.2) is 16.1 Å². The van der Waals surface area contributed by atoms with E-state index in [1.165, 1.54) is 22.6 Å². The van der Waals surface area contributed by atoms with Crippen LogP contribution in [0.25, 0.3) is 6.08 Å². The maximum absolute atomic E-state index is 12.5. The first-order valence-electron chi connectivity index (χ1n) is 3.94. The van der Waals surface area contributed by atoms with Gasteiger partial charge in [-0.3, -0.25) is 4.98 Å². The molecule has 0 aliphatic rings. The van der Waals surface area contributed by atoms with Gasteiger partial charge in [0.1, 0.15) is 0 Å². The van der Waals surface area contributed by atoms with Gasteiger partial charge in [-0.15, -0.1) is 0 Å². The molecule has 16 heavy (non-hydrogen) atoms. The highest BCUT2D eigenvalue weighted by molar-refractivity contribution is 14.1. The fraction of sp³-hybridized carbons (Fsp3) is 0.111. The Balaban J connectivity index is 3.13. The largest absolute Gasteiger partial charge is 0.478 e. The first-order valence-corrected chi connectivity index (χ1v) is 5.02. The molecule has 0 amide bonds. The molecule has 7 heteroatoms. The predicted molar refractivity (Wildman–Crippen MR) is 58.6 cm³/mol. The second kappa shape index (κ2) is 4.81. The zero-order valence-corrected chi connectivity index (χ0v) is 9.78. The van der Waals surface area contributed by atoms with E-state index in [-0.39, 0.29) is 9.26 Å². The van der Waals surface area contributed by atoms with Gasteiger partial charge in [-0.05, 0) is 34.7 Å². The van der Waals surface area contributed by atoms with Crippen LogP contribution in [0.4, 0.5) is 13.2 Å². The third-order valence-corrected chi connectivity index (χ3v) is 2.44. The van der Waals surface area contributed by atoms with Crippen LogP contribution in [-0.2, 0) is 11.0 Å². The highest BCUT2D eigenvalue weighted by atomic mass is 127. The lowest BCUT2D eigenvalue weighted by molar-refractivity contribution is -0.138. The van der Waals surface area contributed by atoms with Gasteiger partial charge < -0.3 is 5.11 Å². The Bertz CT molecular complexity index is 443. The molecule has 0 atom stereocenters. The second-order valence-electron chi connectivity index (χ2n) is 2.76. The molecule has 0 unspecified atom stereocenters. The van der Waals surface area contributed by atoms with Crippen LogP contribution < -0.4 is 0 Å². The monoisotopic (exact) mass is 343 g/mol. The van der Waals surface area contributed by atoms with Crippen LogP contribution >= 0.6 is 22.6 Å². The number of nitrogens with zero attached hydrogens (tertiary/aromatic N) is 1. The molecule has 0 fully saturated rings. The number of carboxylic acids is 1. The molecule has 1 aromatic rings. The molecule has 3 nitrogen and oxygen atoms in total. The van der Waals surface area contributed by atoms with Crippen LogP contribution in [0.5, 0.6) is 0 Å². The number of carboxylic acid groups (broad SMARTS) is 1. The van der Waals surface area contributed by atoms with Crippen molar-refractivity contribution in [2.45, 2.75) is 6.18 Å². The quantitative estimate of drug-likeness (QED) is 0.664. The van der Waals surface area contributed by atoms with Crippen molar-refractivity contribution in [1.82, 2.24) is 4.98 Å². The Hall–Kier alpha value is -1.12. The minimum atomic E-state index is -4.47. The average Bonchev–Trinajstić information content (AvgIpc) is 2.14. The molecule has 0 aliphatic carbocycles. The standard InChI is InChI=1S/C9H5F3INO2/c10-9(11,12)6-3-5(1-2-8(15)16)14-4-7(6)13/h1-4H,(H,15,16)/b2-1+. The smallest absolute Gasteiger partial charge is 0.417 e. The van der Waals surface area contributed by atoms with Crippen LogP contribution in [0.1, 0.15) is 11.3 Å². The molecule has 0 saturated heterocycles. The van der Waals surface area contributed by atoms with E-state index in [2.05, 4.69) is 4.98 Å². The van der Waals surface area contributed by atoms with Gasteiger partial charge >= 0.3 is 12.1 Å². The molecular weight excluding hydrogens is 338 g/mol. The highest BCUT2D eigenvalue weighted by Gasteiger charge is 2.33. The fourth-order valence-electron chi connectivity index (χ4n) is 0.920. The number of rotatable bonds is 2. The normalized spacial score (nSPS) is 12.0. The van der Waals surface area contributed by atoms with Crippen molar-refractivity contribution in [2.75, 3.05) is 0 Å². The van der Waals surface area contributed by atoms with Crippen LogP contribution in [0, 0.1) is 3.57 Å². The molecule has 1 aromatic heterocycles. The van der Waals surface area contributed by atoms with Crippen molar-refractivity contribution in [3.05, 3.63) is 33.2 Å². The molecule has 0 radical (unpaired) electrons. The molecule has 0 saturated carbocycles. The van der Waals surface area contributed by atoms with Gasteiger partial charge in [-0.25, -0.2) is 4.79 Å². The molecular formula is C9H5F3INO2. The molecule has 1 rings (SSSR count). The van der Waals surface area contributed by atoms with Gasteiger partial charge in [-0.2, -0.15) is 13.2 Å². The summed E-state index contributed by atoms with van der Waals surface area (Å²) >= 11 is 1.52. The van der Waals surface area contributed by atoms with Crippen LogP contribution in [0.2, 0.25) is 0 Å². The minimum Gasteiger partial charge on any atom is -0.478 e. The number of hydrogen-bond donors (Lipinski definition) is 1. The molecule has 1 heterocycles. The van der Waals surface area contributed by atoms with E-state index in [9.17, 15) is 18.0 Å². The maximum atomic E-state index is 12.5. The van der Waals surface area contributed by atoms with Crippen LogP contribution in [0.3, 0.4) is 0 Å². The Kier molecular flexibility index (Phi) is 3.89. The first kappa shape index (κ1) is 12.9. The third-order valence-electron chi connectivity index (χ3n) is 1.58. The number of carbonyl (C=O) groups is 1. The molecule has 86 valence electrons. The lowest BCUT2D eigenvalue weighted by Gasteiger charge is -2.08. The summed E-state index contributed by atoms with van der Waals surface area (Å²) in [7, 11) is 0. The number of aromatic nitrogens is 1. The van der Waals surface area contributed by atoms with Gasteiger partial charge in [-0.1, -0.05) is 0 Å². The molecule has 0 bridgehead atoms. The second-order valence-corrected chi connectivity index (χ2v) is 3.92. The van der Waals surface area contributed by atoms with Gasteiger partial charge in [0.15, 0.2) is 0 Å². The zero-order chi connectivity index (χ0) is 12.3. The zero-order valence-electron chi connectivity index (χ0n) is 7.62. The van der Waals surface area contributed by atoms with Crippen molar-refractivity contribution in [3.8, 4) is 0 Å². The summed E-state index contributed by atoms with van der Waals surface area (Å²) in [5, 5.41) is 8.32. The number of hydrogen-bond acceptors (Lipinski definition) is 2. The van der Waals surface area contributed by atoms with Crippen molar-refractivity contribution in [3.63, 3.8) is 0 Å². The van der Waals surface area contributed by atoms with E-state index >= 15 is 0 Å². The Morgan fingerprint density at radius 1 is 1.50 bits per heavy atom. The maximum Gasteiger partial charge on any atom is 0.417 e. The molecule has 0 aliphatic heterocycles. The summed E-state index contributed by atoms with van der Waals surface area (Å²) in [6.07, 6.45) is -1.68. The molecule has 0 aromatic carbocycles. The Morgan fingerprint density at radius 3 is 2.62 bits per heavy atom. The summed E-state index contributed by atoms with van der Waals surface area (Å²) < 4.78 is 37.3. The Morgan fingerprint density at radius 2 is 2.12 bits per heavy atom. The van der Waals surface area contributed by atoms with Crippen molar-refractivity contribution < 1.29 is 23.1 Å². The fourth-order valence-corrected chi connectivity index (χ4v) is 1.52. The number of aliphatic carboxylic acids is 1. The van der Waals surface area contributed by atoms with Gasteiger partial charge in [0.2, 0.25) is 0 Å². The summed E-state index contributed by atoms with van der Waals surface area (Å²) in [6.45, 7) is 0. The third kappa shape index (κ3) is 3.47. The average molecular weight is 343 g/mol. The van der Waals surface area contributed by atoms with Crippen molar-refractivity contribution in [2.24, 2.45) is 0 Å². The lowest BCUT2D eigenvalue weighted by Crippen LogP contribution is -2.08. The van der Waals surface area contributed by atoms with Crippen molar-refractivity contribution >= 4 is 34.6 Å². The van der Waals surface area contributed by atoms with E-state index in [1.54, 1.807) is 0 Å². The Labute approximate surface area is 102 Å². The number of pyridine rings is 1. The summed E-state index contributed by atoms with van der Waals surface area (Å²) in [5.74, 6) is -1.24. The predicted octanol–water partition coefficient (Wildman–Crippen LogP) is 2.80. The lowest BCUT2D eigenvalue weighted by atomic mass is 10.2. The number of halogens is 4.